The van der Waals surface area contributed by atoms with Gasteiger partial charge in [0, 0.05) is 45.3 Å². The number of halogens is 1. The lowest BCUT2D eigenvalue weighted by molar-refractivity contribution is -0.118. The minimum absolute atomic E-state index is 0.298. The van der Waals surface area contributed by atoms with Crippen molar-refractivity contribution >= 4 is 44.4 Å². The lowest BCUT2D eigenvalue weighted by Crippen LogP contribution is -2.22. The van der Waals surface area contributed by atoms with Crippen LogP contribution in [-0.4, -0.2) is 25.3 Å². The van der Waals surface area contributed by atoms with E-state index in [4.69, 9.17) is 10.7 Å². The third-order valence-corrected chi connectivity index (χ3v) is 6.35. The minimum atomic E-state index is -0.714. The van der Waals surface area contributed by atoms with Crippen molar-refractivity contribution in [2.75, 3.05) is 0 Å². The highest BCUT2D eigenvalue weighted by atomic mass is 32.1. The Bertz CT molecular complexity index is 1320. The first-order valence-electron chi connectivity index (χ1n) is 8.46. The molecular formula is C19H14FN5OS2. The molecule has 9 heteroatoms. The number of nitrogens with zero attached hydrogens (tertiary/aromatic N) is 3. The molecule has 0 bridgehead atoms. The molecule has 0 radical (unpaired) electrons. The predicted molar refractivity (Wildman–Crippen MR) is 108 cm³/mol. The molecule has 4 aromatic heterocycles. The van der Waals surface area contributed by atoms with Gasteiger partial charge in [0.05, 0.1) is 11.4 Å². The molecule has 5 aromatic rings. The number of hydrogen-bond donors (Lipinski definition) is 2. The van der Waals surface area contributed by atoms with Crippen molar-refractivity contribution in [2.45, 2.75) is 12.8 Å². The first kappa shape index (κ1) is 17.1. The Morgan fingerprint density at radius 1 is 1.32 bits per heavy atom. The van der Waals surface area contributed by atoms with Gasteiger partial charge in [0.15, 0.2) is 4.96 Å². The molecule has 1 amide bonds. The van der Waals surface area contributed by atoms with Gasteiger partial charge in [0.2, 0.25) is 5.91 Å². The first-order chi connectivity index (χ1) is 13.5. The summed E-state index contributed by atoms with van der Waals surface area (Å²) >= 11 is 2.85. The molecular weight excluding hydrogens is 397 g/mol. The fourth-order valence-corrected chi connectivity index (χ4v) is 5.08. The van der Waals surface area contributed by atoms with Gasteiger partial charge in [-0.3, -0.25) is 9.20 Å². The van der Waals surface area contributed by atoms with Crippen molar-refractivity contribution in [3.05, 3.63) is 63.6 Å². The number of primary amides is 1. The van der Waals surface area contributed by atoms with Crippen molar-refractivity contribution in [2.24, 2.45) is 5.73 Å². The highest BCUT2D eigenvalue weighted by molar-refractivity contribution is 7.15. The molecule has 0 aliphatic carbocycles. The van der Waals surface area contributed by atoms with E-state index in [1.807, 2.05) is 34.5 Å². The van der Waals surface area contributed by atoms with E-state index in [1.165, 1.54) is 34.8 Å². The van der Waals surface area contributed by atoms with Crippen molar-refractivity contribution in [3.8, 4) is 11.3 Å². The average Bonchev–Trinajstić information content (AvgIpc) is 3.37. The smallest absolute Gasteiger partial charge is 0.233 e. The van der Waals surface area contributed by atoms with Crippen LogP contribution >= 0.6 is 22.7 Å². The van der Waals surface area contributed by atoms with E-state index in [1.54, 1.807) is 6.07 Å². The summed E-state index contributed by atoms with van der Waals surface area (Å²) in [7, 11) is 0. The van der Waals surface area contributed by atoms with E-state index in [0.717, 1.165) is 27.3 Å². The molecule has 140 valence electrons. The molecule has 0 fully saturated rings. The molecule has 28 heavy (non-hydrogen) atoms. The van der Waals surface area contributed by atoms with Crippen LogP contribution in [0.1, 0.15) is 22.3 Å². The number of carbonyl (C=O) groups excluding carboxylic acids is 1. The zero-order valence-corrected chi connectivity index (χ0v) is 16.3. The summed E-state index contributed by atoms with van der Waals surface area (Å²) < 4.78 is 15.4. The zero-order valence-electron chi connectivity index (χ0n) is 14.6. The molecule has 0 aliphatic rings. The van der Waals surface area contributed by atoms with E-state index in [0.29, 0.717) is 16.2 Å². The number of hydrogen-bond acceptors (Lipinski definition) is 5. The lowest BCUT2D eigenvalue weighted by Gasteiger charge is -2.06. The summed E-state index contributed by atoms with van der Waals surface area (Å²) in [4.78, 5) is 25.4. The largest absolute Gasteiger partial charge is 0.369 e. The molecule has 5 rings (SSSR count). The third kappa shape index (κ3) is 2.62. The quantitative estimate of drug-likeness (QED) is 0.467. The van der Waals surface area contributed by atoms with Crippen molar-refractivity contribution < 1.29 is 9.18 Å². The molecule has 0 aliphatic heterocycles. The van der Waals surface area contributed by atoms with Crippen LogP contribution in [0, 0.1) is 12.7 Å². The highest BCUT2D eigenvalue weighted by Gasteiger charge is 2.27. The molecule has 4 heterocycles. The summed E-state index contributed by atoms with van der Waals surface area (Å²) in [6, 6.07) is 4.62. The maximum atomic E-state index is 13.5. The highest BCUT2D eigenvalue weighted by Crippen LogP contribution is 2.36. The van der Waals surface area contributed by atoms with Gasteiger partial charge in [-0.05, 0) is 25.1 Å². The summed E-state index contributed by atoms with van der Waals surface area (Å²) in [5, 5.41) is 5.29. The normalized spacial score (nSPS) is 12.8. The van der Waals surface area contributed by atoms with Crippen LogP contribution in [0.3, 0.4) is 0 Å². The van der Waals surface area contributed by atoms with Crippen LogP contribution in [0.5, 0.6) is 0 Å². The number of fused-ring (bicyclic) bond motifs is 2. The SMILES string of the molecule is Cc1[nH]c2cc(F)ccc2c1-c1csc(C(C(N)=O)c2cn3ccsc3n2)n1. The van der Waals surface area contributed by atoms with Gasteiger partial charge in [0.25, 0.3) is 0 Å². The second-order valence-corrected chi connectivity index (χ2v) is 8.24. The molecule has 1 unspecified atom stereocenters. The Balaban J connectivity index is 1.61. The number of imidazole rings is 1. The van der Waals surface area contributed by atoms with E-state index in [2.05, 4.69) is 9.97 Å². The number of nitrogens with two attached hydrogens (primary N) is 1. The van der Waals surface area contributed by atoms with Gasteiger partial charge in [0.1, 0.15) is 16.7 Å². The second kappa shape index (κ2) is 6.25. The zero-order chi connectivity index (χ0) is 19.4. The number of aromatic amines is 1. The molecule has 0 spiro atoms. The maximum absolute atomic E-state index is 13.5. The maximum Gasteiger partial charge on any atom is 0.233 e. The van der Waals surface area contributed by atoms with Crippen LogP contribution in [0.25, 0.3) is 27.1 Å². The standard InChI is InChI=1S/C19H14FN5OS2/c1-9-15(11-3-2-10(20)6-12(11)22-9)14-8-28-18(23-14)16(17(21)26)13-7-25-4-5-27-19(25)24-13/h2-8,16,22H,1H3,(H2,21,26). The van der Waals surface area contributed by atoms with Crippen molar-refractivity contribution in [3.63, 3.8) is 0 Å². The van der Waals surface area contributed by atoms with Gasteiger partial charge in [-0.2, -0.15) is 0 Å². The third-order valence-electron chi connectivity index (χ3n) is 4.67. The number of benzene rings is 1. The van der Waals surface area contributed by atoms with Crippen molar-refractivity contribution in [1.29, 1.82) is 0 Å². The first-order valence-corrected chi connectivity index (χ1v) is 10.2. The van der Waals surface area contributed by atoms with E-state index in [-0.39, 0.29) is 5.82 Å². The minimum Gasteiger partial charge on any atom is -0.369 e. The number of carbonyl (C=O) groups is 1. The number of thiazole rings is 2. The fourth-order valence-electron chi connectivity index (χ4n) is 3.45. The summed E-state index contributed by atoms with van der Waals surface area (Å²) in [5.74, 6) is -1.51. The average molecular weight is 411 g/mol. The number of aryl methyl sites for hydroxylation is 1. The number of nitrogens with one attached hydrogen (secondary N) is 1. The van der Waals surface area contributed by atoms with Gasteiger partial charge in [-0.15, -0.1) is 22.7 Å². The van der Waals surface area contributed by atoms with Crippen molar-refractivity contribution in [1.82, 2.24) is 19.4 Å². The monoisotopic (exact) mass is 411 g/mol. The Hall–Kier alpha value is -3.04. The topological polar surface area (TPSA) is 89.1 Å². The van der Waals surface area contributed by atoms with Gasteiger partial charge in [-0.1, -0.05) is 0 Å². The fraction of sp³-hybridized carbons (Fsp3) is 0.105. The molecule has 0 saturated carbocycles. The summed E-state index contributed by atoms with van der Waals surface area (Å²) in [5.41, 5.74) is 9.49. The van der Waals surface area contributed by atoms with E-state index in [9.17, 15) is 9.18 Å². The molecule has 0 saturated heterocycles. The van der Waals surface area contributed by atoms with Crippen LogP contribution in [0.15, 0.2) is 41.4 Å². The Labute approximate surface area is 166 Å². The van der Waals surface area contributed by atoms with Crippen LogP contribution in [0.2, 0.25) is 0 Å². The number of rotatable bonds is 4. The molecule has 6 nitrogen and oxygen atoms in total. The Morgan fingerprint density at radius 3 is 2.96 bits per heavy atom. The number of aromatic nitrogens is 4. The number of H-pyrrole nitrogens is 1. The predicted octanol–water partition coefficient (Wildman–Crippen LogP) is 4.07. The van der Waals surface area contributed by atoms with Gasteiger partial charge < -0.3 is 10.7 Å². The van der Waals surface area contributed by atoms with Crippen LogP contribution in [-0.2, 0) is 4.79 Å². The number of amides is 1. The second-order valence-electron chi connectivity index (χ2n) is 6.48. The van der Waals surface area contributed by atoms with Crippen LogP contribution in [0.4, 0.5) is 4.39 Å². The summed E-state index contributed by atoms with van der Waals surface area (Å²) in [6.45, 7) is 1.92. The van der Waals surface area contributed by atoms with Crippen LogP contribution < -0.4 is 5.73 Å². The molecule has 3 N–H and O–H groups in total. The molecule has 1 atom stereocenters. The van der Waals surface area contributed by atoms with Gasteiger partial charge >= 0.3 is 0 Å². The Morgan fingerprint density at radius 2 is 2.18 bits per heavy atom. The van der Waals surface area contributed by atoms with E-state index >= 15 is 0 Å². The summed E-state index contributed by atoms with van der Waals surface area (Å²) in [6.07, 6.45) is 3.69. The molecule has 1 aromatic carbocycles. The van der Waals surface area contributed by atoms with E-state index < -0.39 is 11.8 Å². The Kier molecular flexibility index (Phi) is 3.81. The van der Waals surface area contributed by atoms with Gasteiger partial charge in [-0.25, -0.2) is 14.4 Å². The lowest BCUT2D eigenvalue weighted by atomic mass is 10.1.